The molecule has 3 N–H and O–H groups in total. The van der Waals surface area contributed by atoms with E-state index in [4.69, 9.17) is 14.9 Å². The number of benzene rings is 2. The van der Waals surface area contributed by atoms with Gasteiger partial charge in [-0.25, -0.2) is 9.67 Å². The van der Waals surface area contributed by atoms with Crippen molar-refractivity contribution in [3.05, 3.63) is 70.7 Å². The molecule has 1 amide bonds. The van der Waals surface area contributed by atoms with Crippen LogP contribution in [-0.2, 0) is 6.54 Å². The van der Waals surface area contributed by atoms with Gasteiger partial charge < -0.3 is 20.2 Å². The zero-order valence-electron chi connectivity index (χ0n) is 18.3. The molecule has 0 saturated heterocycles. The van der Waals surface area contributed by atoms with Crippen LogP contribution in [0.15, 0.2) is 46.9 Å². The normalized spacial score (nSPS) is 10.9. The fourth-order valence-electron chi connectivity index (χ4n) is 3.49. The standard InChI is InChI=1S/C23H24N6O3/c1-13-9-14(2)11-16(10-13)25-22(30)20-21(24)29(28-27-20)12-18-15(3)32-23(26-18)17-7-5-6-8-19(17)31-4/h5-11H,12,24H2,1-4H3,(H,25,30). The molecule has 0 radical (unpaired) electrons. The average molecular weight is 432 g/mol. The highest BCUT2D eigenvalue weighted by Gasteiger charge is 2.21. The molecule has 0 aliphatic heterocycles. The van der Waals surface area contributed by atoms with E-state index in [1.807, 2.05) is 63.2 Å². The number of anilines is 2. The molecule has 0 atom stereocenters. The zero-order chi connectivity index (χ0) is 22.8. The second-order valence-corrected chi connectivity index (χ2v) is 7.53. The number of methoxy groups -OCH3 is 1. The van der Waals surface area contributed by atoms with E-state index in [1.54, 1.807) is 7.11 Å². The molecular weight excluding hydrogens is 408 g/mol. The molecule has 4 aromatic rings. The molecule has 2 heterocycles. The monoisotopic (exact) mass is 432 g/mol. The summed E-state index contributed by atoms with van der Waals surface area (Å²) in [7, 11) is 1.59. The number of nitrogens with two attached hydrogens (primary N) is 1. The molecule has 0 aliphatic rings. The summed E-state index contributed by atoms with van der Waals surface area (Å²) in [6.45, 7) is 5.95. The largest absolute Gasteiger partial charge is 0.496 e. The van der Waals surface area contributed by atoms with Crippen molar-refractivity contribution in [1.29, 1.82) is 0 Å². The molecule has 2 aromatic heterocycles. The van der Waals surface area contributed by atoms with Crippen LogP contribution < -0.4 is 15.8 Å². The Morgan fingerprint density at radius 2 is 1.88 bits per heavy atom. The minimum Gasteiger partial charge on any atom is -0.496 e. The van der Waals surface area contributed by atoms with Gasteiger partial charge in [0.1, 0.15) is 17.2 Å². The van der Waals surface area contributed by atoms with E-state index < -0.39 is 5.91 Å². The molecule has 4 rings (SSSR count). The van der Waals surface area contributed by atoms with Crippen LogP contribution in [0.2, 0.25) is 0 Å². The van der Waals surface area contributed by atoms with Crippen molar-refractivity contribution >= 4 is 17.4 Å². The lowest BCUT2D eigenvalue weighted by molar-refractivity contribution is 0.102. The average Bonchev–Trinajstić information content (AvgIpc) is 3.30. The van der Waals surface area contributed by atoms with Crippen LogP contribution in [-0.4, -0.2) is 33.0 Å². The predicted octanol–water partition coefficient (Wildman–Crippen LogP) is 3.75. The number of rotatable bonds is 6. The number of oxazole rings is 1. The first-order chi connectivity index (χ1) is 15.4. The lowest BCUT2D eigenvalue weighted by Crippen LogP contribution is -2.15. The lowest BCUT2D eigenvalue weighted by Gasteiger charge is -2.07. The number of nitrogen functional groups attached to an aromatic ring is 1. The van der Waals surface area contributed by atoms with Gasteiger partial charge >= 0.3 is 0 Å². The third kappa shape index (κ3) is 4.18. The van der Waals surface area contributed by atoms with E-state index in [0.717, 1.165) is 16.7 Å². The van der Waals surface area contributed by atoms with Gasteiger partial charge in [-0.1, -0.05) is 23.4 Å². The highest BCUT2D eigenvalue weighted by molar-refractivity contribution is 6.05. The first-order valence-corrected chi connectivity index (χ1v) is 10.0. The van der Waals surface area contributed by atoms with Crippen LogP contribution in [0, 0.1) is 20.8 Å². The molecule has 32 heavy (non-hydrogen) atoms. The Morgan fingerprint density at radius 1 is 1.16 bits per heavy atom. The second-order valence-electron chi connectivity index (χ2n) is 7.53. The van der Waals surface area contributed by atoms with Crippen molar-refractivity contribution in [2.24, 2.45) is 0 Å². The van der Waals surface area contributed by atoms with Gasteiger partial charge in [-0.2, -0.15) is 0 Å². The zero-order valence-corrected chi connectivity index (χ0v) is 18.3. The molecule has 0 bridgehead atoms. The third-order valence-electron chi connectivity index (χ3n) is 5.00. The molecule has 164 valence electrons. The maximum Gasteiger partial charge on any atom is 0.280 e. The fraction of sp³-hybridized carbons (Fsp3) is 0.217. The van der Waals surface area contributed by atoms with Crippen LogP contribution in [0.1, 0.15) is 33.1 Å². The van der Waals surface area contributed by atoms with Crippen LogP contribution in [0.3, 0.4) is 0 Å². The number of aromatic nitrogens is 4. The van der Waals surface area contributed by atoms with Crippen molar-refractivity contribution in [2.75, 3.05) is 18.2 Å². The second kappa shape index (κ2) is 8.54. The van der Waals surface area contributed by atoms with Gasteiger partial charge in [0.15, 0.2) is 11.5 Å². The first kappa shape index (κ1) is 21.1. The van der Waals surface area contributed by atoms with Crippen molar-refractivity contribution in [2.45, 2.75) is 27.3 Å². The Labute approximate surface area is 185 Å². The van der Waals surface area contributed by atoms with Gasteiger partial charge in [0.05, 0.1) is 19.2 Å². The predicted molar refractivity (Wildman–Crippen MR) is 121 cm³/mol. The number of ether oxygens (including phenoxy) is 1. The van der Waals surface area contributed by atoms with Crippen LogP contribution >= 0.6 is 0 Å². The number of carbonyl (C=O) groups is 1. The molecule has 0 spiro atoms. The summed E-state index contributed by atoms with van der Waals surface area (Å²) in [6.07, 6.45) is 0. The molecule has 0 aliphatic carbocycles. The van der Waals surface area contributed by atoms with Gasteiger partial charge in [-0.15, -0.1) is 5.10 Å². The van der Waals surface area contributed by atoms with Gasteiger partial charge in [0.25, 0.3) is 5.91 Å². The molecule has 9 nitrogen and oxygen atoms in total. The van der Waals surface area contributed by atoms with Gasteiger partial charge in [-0.3, -0.25) is 4.79 Å². The smallest absolute Gasteiger partial charge is 0.280 e. The third-order valence-corrected chi connectivity index (χ3v) is 5.00. The number of aryl methyl sites for hydroxylation is 3. The van der Waals surface area contributed by atoms with Crippen molar-refractivity contribution < 1.29 is 13.9 Å². The molecule has 0 saturated carbocycles. The highest BCUT2D eigenvalue weighted by atomic mass is 16.5. The van der Waals surface area contributed by atoms with Gasteiger partial charge in [-0.05, 0) is 56.2 Å². The van der Waals surface area contributed by atoms with E-state index in [1.165, 1.54) is 4.68 Å². The van der Waals surface area contributed by atoms with Crippen molar-refractivity contribution in [3.63, 3.8) is 0 Å². The number of para-hydroxylation sites is 1. The molecule has 0 fully saturated rings. The summed E-state index contributed by atoms with van der Waals surface area (Å²) in [5.41, 5.74) is 10.4. The maximum absolute atomic E-state index is 12.7. The SMILES string of the molecule is COc1ccccc1-c1nc(Cn2nnc(C(=O)Nc3cc(C)cc(C)c3)c2N)c(C)o1. The quantitative estimate of drug-likeness (QED) is 0.476. The van der Waals surface area contributed by atoms with Crippen LogP contribution in [0.25, 0.3) is 11.5 Å². The first-order valence-electron chi connectivity index (χ1n) is 10.0. The van der Waals surface area contributed by atoms with E-state index >= 15 is 0 Å². The molecular formula is C23H24N6O3. The Bertz CT molecular complexity index is 1270. The number of nitrogens with zero attached hydrogens (tertiary/aromatic N) is 4. The van der Waals surface area contributed by atoms with Gasteiger partial charge in [0.2, 0.25) is 5.89 Å². The summed E-state index contributed by atoms with van der Waals surface area (Å²) >= 11 is 0. The topological polar surface area (TPSA) is 121 Å². The molecule has 2 aromatic carbocycles. The van der Waals surface area contributed by atoms with E-state index in [0.29, 0.717) is 28.8 Å². The Hall–Kier alpha value is -4.14. The number of hydrogen-bond acceptors (Lipinski definition) is 7. The Morgan fingerprint density at radius 3 is 2.59 bits per heavy atom. The van der Waals surface area contributed by atoms with Crippen molar-refractivity contribution in [1.82, 2.24) is 20.0 Å². The van der Waals surface area contributed by atoms with E-state index in [-0.39, 0.29) is 18.1 Å². The lowest BCUT2D eigenvalue weighted by atomic mass is 10.1. The number of carbonyl (C=O) groups excluding carboxylic acids is 1. The number of hydrogen-bond donors (Lipinski definition) is 2. The molecule has 0 unspecified atom stereocenters. The van der Waals surface area contributed by atoms with Crippen LogP contribution in [0.4, 0.5) is 11.5 Å². The van der Waals surface area contributed by atoms with Crippen molar-refractivity contribution in [3.8, 4) is 17.2 Å². The Balaban J connectivity index is 1.55. The number of amides is 1. The van der Waals surface area contributed by atoms with Gasteiger partial charge in [0, 0.05) is 5.69 Å². The van der Waals surface area contributed by atoms with Crippen LogP contribution in [0.5, 0.6) is 5.75 Å². The summed E-state index contributed by atoms with van der Waals surface area (Å²) in [5.74, 6) is 1.42. The summed E-state index contributed by atoms with van der Waals surface area (Å²) < 4.78 is 12.6. The van der Waals surface area contributed by atoms with E-state index in [9.17, 15) is 4.79 Å². The fourth-order valence-corrected chi connectivity index (χ4v) is 3.49. The molecule has 9 heteroatoms. The highest BCUT2D eigenvalue weighted by Crippen LogP contribution is 2.30. The maximum atomic E-state index is 12.7. The summed E-state index contributed by atoms with van der Waals surface area (Å²) in [5, 5.41) is 10.8. The van der Waals surface area contributed by atoms with E-state index in [2.05, 4.69) is 20.6 Å². The Kier molecular flexibility index (Phi) is 5.63. The number of nitrogens with one attached hydrogen (secondary N) is 1. The summed E-state index contributed by atoms with van der Waals surface area (Å²) in [6, 6.07) is 13.2. The summed E-state index contributed by atoms with van der Waals surface area (Å²) in [4.78, 5) is 17.3. The minimum atomic E-state index is -0.426. The minimum absolute atomic E-state index is 0.0512.